The number of carbonyl (C=O) groups is 3. The molecule has 1 radical (unpaired) electrons. The first-order chi connectivity index (χ1) is 16.9. The van der Waals surface area contributed by atoms with E-state index in [9.17, 15) is 29.7 Å². The fourth-order valence-corrected chi connectivity index (χ4v) is 2.54. The van der Waals surface area contributed by atoms with Crippen molar-refractivity contribution in [2.24, 2.45) is 0 Å². The molecule has 0 spiro atoms. The molecule has 0 aliphatic carbocycles. The molecule has 0 aromatic heterocycles. The van der Waals surface area contributed by atoms with Crippen LogP contribution in [-0.4, -0.2) is 48.5 Å². The van der Waals surface area contributed by atoms with Crippen LogP contribution in [0.4, 0.5) is 0 Å². The van der Waals surface area contributed by atoms with Crippen molar-refractivity contribution < 1.29 is 77.4 Å². The van der Waals surface area contributed by atoms with Crippen LogP contribution in [0, 0.1) is 0 Å². The maximum atomic E-state index is 10.2. The van der Waals surface area contributed by atoms with Crippen LogP contribution in [0.15, 0.2) is 72.8 Å². The standard InChI is InChI=1S/3C8H8O4.Fe/c3*9-6-4-2-1-3-5(6)7(10)8(11)12;/h3*1-4,7,9-10H,(H,11,12);/q;;;+3/p-3. The number of benzene rings is 3. The summed E-state index contributed by atoms with van der Waals surface area (Å²) in [5, 5.41) is 84.6. The van der Waals surface area contributed by atoms with Gasteiger partial charge in [-0.15, -0.1) is 0 Å². The summed E-state index contributed by atoms with van der Waals surface area (Å²) in [5.41, 5.74) is -0.174. The second kappa shape index (κ2) is 15.8. The Balaban J connectivity index is 0.000000518. The Morgan fingerprint density at radius 3 is 0.838 bits per heavy atom. The van der Waals surface area contributed by atoms with Gasteiger partial charge in [-0.05, 0) is 18.2 Å². The normalized spacial score (nSPS) is 12.1. The zero-order valence-corrected chi connectivity index (χ0v) is 19.8. The van der Waals surface area contributed by atoms with Crippen LogP contribution in [0.3, 0.4) is 0 Å². The third-order valence-electron chi connectivity index (χ3n) is 4.36. The van der Waals surface area contributed by atoms with Gasteiger partial charge in [0.15, 0.2) is 0 Å². The first-order valence-corrected chi connectivity index (χ1v) is 9.88. The molecule has 0 aliphatic rings. The topological polar surface area (TPSA) is 242 Å². The van der Waals surface area contributed by atoms with Gasteiger partial charge in [-0.2, -0.15) is 0 Å². The molecule has 3 rings (SSSR count). The van der Waals surface area contributed by atoms with E-state index in [4.69, 9.17) is 30.6 Å². The quantitative estimate of drug-likeness (QED) is 0.173. The van der Waals surface area contributed by atoms with E-state index in [2.05, 4.69) is 0 Å². The van der Waals surface area contributed by atoms with Crippen LogP contribution < -0.4 is 15.3 Å². The molecular weight excluding hydrogens is 536 g/mol. The molecule has 0 saturated carbocycles. The maximum Gasteiger partial charge on any atom is 3.00 e. The van der Waals surface area contributed by atoms with Gasteiger partial charge in [-0.1, -0.05) is 54.6 Å². The van der Waals surface area contributed by atoms with Gasteiger partial charge in [0.25, 0.3) is 0 Å². The Morgan fingerprint density at radius 1 is 0.486 bits per heavy atom. The Hall–Kier alpha value is -4.13. The SMILES string of the molecule is O=C([O-])C(O)c1ccccc1O.O=C([O-])C(O)c1ccccc1O.O=C([O-])C(O)c1ccccc1O.[Fe+3]. The number of carboxylic acids is 3. The molecular formula is C24H21FeO12. The van der Waals surface area contributed by atoms with E-state index in [1.807, 2.05) is 0 Å². The van der Waals surface area contributed by atoms with Gasteiger partial charge in [0.2, 0.25) is 0 Å². The first-order valence-electron chi connectivity index (χ1n) is 9.88. The van der Waals surface area contributed by atoms with Gasteiger partial charge in [0, 0.05) is 16.7 Å². The summed E-state index contributed by atoms with van der Waals surface area (Å²) in [4.78, 5) is 30.5. The van der Waals surface area contributed by atoms with Gasteiger partial charge in [-0.25, -0.2) is 0 Å². The zero-order valence-electron chi connectivity index (χ0n) is 18.6. The maximum absolute atomic E-state index is 10.2. The number of phenolic OH excluding ortho intramolecular Hbond substituents is 3. The Morgan fingerprint density at radius 2 is 0.676 bits per heavy atom. The molecule has 3 aromatic rings. The van der Waals surface area contributed by atoms with Crippen LogP contribution in [0.2, 0.25) is 0 Å². The van der Waals surface area contributed by atoms with Crippen molar-refractivity contribution in [3.8, 4) is 17.2 Å². The molecule has 0 fully saturated rings. The molecule has 3 unspecified atom stereocenters. The van der Waals surface area contributed by atoms with Crippen LogP contribution in [0.25, 0.3) is 0 Å². The molecule has 12 nitrogen and oxygen atoms in total. The van der Waals surface area contributed by atoms with Gasteiger partial charge < -0.3 is 60.3 Å². The van der Waals surface area contributed by atoms with E-state index in [1.54, 1.807) is 0 Å². The largest absolute Gasteiger partial charge is 3.00 e. The summed E-state index contributed by atoms with van der Waals surface area (Å²) in [6, 6.07) is 17.0. The third kappa shape index (κ3) is 10.2. The predicted molar refractivity (Wildman–Crippen MR) is 114 cm³/mol. The van der Waals surface area contributed by atoms with Crippen LogP contribution in [0.5, 0.6) is 17.2 Å². The van der Waals surface area contributed by atoms with Crippen molar-refractivity contribution in [2.75, 3.05) is 0 Å². The molecule has 3 aromatic carbocycles. The minimum atomic E-state index is -1.77. The predicted octanol–water partition coefficient (Wildman–Crippen LogP) is -2.48. The monoisotopic (exact) mass is 557 g/mol. The summed E-state index contributed by atoms with van der Waals surface area (Å²) >= 11 is 0. The minimum Gasteiger partial charge on any atom is -0.547 e. The Kier molecular flexibility index (Phi) is 14.0. The fraction of sp³-hybridized carbons (Fsp3) is 0.125. The summed E-state index contributed by atoms with van der Waals surface area (Å²) in [5.74, 6) is -5.65. The second-order valence-corrected chi connectivity index (χ2v) is 6.84. The zero-order chi connectivity index (χ0) is 27.4. The molecule has 0 saturated heterocycles. The Labute approximate surface area is 220 Å². The van der Waals surface area contributed by atoms with Crippen LogP contribution in [0.1, 0.15) is 35.0 Å². The van der Waals surface area contributed by atoms with Crippen LogP contribution >= 0.6 is 0 Å². The molecule has 197 valence electrons. The summed E-state index contributed by atoms with van der Waals surface area (Å²) in [7, 11) is 0. The fourth-order valence-electron chi connectivity index (χ4n) is 2.54. The number of hydrogen-bond donors (Lipinski definition) is 6. The number of rotatable bonds is 6. The molecule has 0 bridgehead atoms. The van der Waals surface area contributed by atoms with E-state index in [1.165, 1.54) is 72.8 Å². The van der Waals surface area contributed by atoms with Gasteiger partial charge in [0.1, 0.15) is 35.6 Å². The number of aliphatic carboxylic acids is 3. The number of aliphatic hydroxyl groups is 3. The van der Waals surface area contributed by atoms with Crippen molar-refractivity contribution >= 4 is 17.9 Å². The number of aliphatic hydroxyl groups excluding tert-OH is 3. The molecule has 6 N–H and O–H groups in total. The Bertz CT molecular complexity index is 1040. The molecule has 13 heteroatoms. The number of hydrogen-bond acceptors (Lipinski definition) is 12. The molecule has 0 aliphatic heterocycles. The van der Waals surface area contributed by atoms with E-state index in [0.717, 1.165) is 0 Å². The van der Waals surface area contributed by atoms with Crippen LogP contribution in [-0.2, 0) is 31.5 Å². The number of para-hydroxylation sites is 3. The minimum absolute atomic E-state index is 0. The van der Waals surface area contributed by atoms with Gasteiger partial charge >= 0.3 is 17.1 Å². The average Bonchev–Trinajstić information content (AvgIpc) is 2.84. The molecule has 0 amide bonds. The average molecular weight is 557 g/mol. The van der Waals surface area contributed by atoms with E-state index >= 15 is 0 Å². The summed E-state index contributed by atoms with van der Waals surface area (Å²) in [6.45, 7) is 0. The van der Waals surface area contributed by atoms with E-state index < -0.39 is 36.2 Å². The number of carboxylic acid groups (broad SMARTS) is 3. The van der Waals surface area contributed by atoms with Crippen molar-refractivity contribution in [3.63, 3.8) is 0 Å². The first kappa shape index (κ1) is 32.9. The molecule has 3 atom stereocenters. The smallest absolute Gasteiger partial charge is 0.547 e. The van der Waals surface area contributed by atoms with Crippen molar-refractivity contribution in [3.05, 3.63) is 89.5 Å². The van der Waals surface area contributed by atoms with E-state index in [-0.39, 0.29) is 51.0 Å². The summed E-state index contributed by atoms with van der Waals surface area (Å²) in [6.07, 6.45) is -5.32. The third-order valence-corrected chi connectivity index (χ3v) is 4.36. The molecule has 37 heavy (non-hydrogen) atoms. The second-order valence-electron chi connectivity index (χ2n) is 6.84. The number of carbonyl (C=O) groups excluding carboxylic acids is 3. The molecule has 0 heterocycles. The van der Waals surface area contributed by atoms with Crippen molar-refractivity contribution in [2.45, 2.75) is 18.3 Å². The van der Waals surface area contributed by atoms with Crippen molar-refractivity contribution in [1.82, 2.24) is 0 Å². The van der Waals surface area contributed by atoms with Gasteiger partial charge in [-0.3, -0.25) is 0 Å². The number of aromatic hydroxyl groups is 3. The number of phenols is 3. The van der Waals surface area contributed by atoms with Crippen molar-refractivity contribution in [1.29, 1.82) is 0 Å². The summed E-state index contributed by atoms with van der Waals surface area (Å²) < 4.78 is 0. The van der Waals surface area contributed by atoms with Gasteiger partial charge in [0.05, 0.1) is 17.9 Å². The van der Waals surface area contributed by atoms with E-state index in [0.29, 0.717) is 0 Å².